The van der Waals surface area contributed by atoms with Gasteiger partial charge in [0.15, 0.2) is 11.5 Å². The van der Waals surface area contributed by atoms with Crippen molar-refractivity contribution < 1.29 is 27.4 Å². The Balaban J connectivity index is 1.42. The van der Waals surface area contributed by atoms with E-state index >= 15 is 0 Å². The van der Waals surface area contributed by atoms with Gasteiger partial charge in [0.25, 0.3) is 10.0 Å². The molecule has 2 aromatic carbocycles. The number of carbonyl (C=O) groups excluding carboxylic acids is 1. The number of ether oxygens (including phenoxy) is 3. The molecule has 4 rings (SSSR count). The number of sulfonamides is 1. The van der Waals surface area contributed by atoms with E-state index in [4.69, 9.17) is 14.2 Å². The van der Waals surface area contributed by atoms with Crippen molar-refractivity contribution in [1.29, 1.82) is 0 Å². The first kappa shape index (κ1) is 19.5. The molecule has 0 spiro atoms. The van der Waals surface area contributed by atoms with E-state index < -0.39 is 10.0 Å². The smallest absolute Gasteiger partial charge is 0.262 e. The fourth-order valence-electron chi connectivity index (χ4n) is 3.19. The Morgan fingerprint density at radius 2 is 1.62 bits per heavy atom. The highest BCUT2D eigenvalue weighted by Gasteiger charge is 2.20. The molecule has 8 nitrogen and oxygen atoms in total. The number of anilines is 1. The minimum atomic E-state index is -3.77. The number of hydrogen-bond donors (Lipinski definition) is 1. The van der Waals surface area contributed by atoms with Gasteiger partial charge in [-0.2, -0.15) is 0 Å². The number of nitrogens with zero attached hydrogens (tertiary/aromatic N) is 1. The van der Waals surface area contributed by atoms with Crippen LogP contribution in [-0.4, -0.2) is 58.7 Å². The molecule has 0 saturated carbocycles. The van der Waals surface area contributed by atoms with Crippen molar-refractivity contribution in [3.63, 3.8) is 0 Å². The highest BCUT2D eigenvalue weighted by molar-refractivity contribution is 7.92. The lowest BCUT2D eigenvalue weighted by atomic mass is 10.1. The Bertz CT molecular complexity index is 985. The maximum atomic E-state index is 12.7. The molecule has 1 fully saturated rings. The Kier molecular flexibility index (Phi) is 5.59. The van der Waals surface area contributed by atoms with E-state index in [2.05, 4.69) is 4.72 Å². The third-order valence-corrected chi connectivity index (χ3v) is 6.13. The third kappa shape index (κ3) is 4.63. The molecule has 2 aliphatic heterocycles. The second-order valence-electron chi connectivity index (χ2n) is 6.78. The molecular weight excluding hydrogens is 396 g/mol. The molecule has 0 radical (unpaired) electrons. The molecule has 29 heavy (non-hydrogen) atoms. The lowest BCUT2D eigenvalue weighted by molar-refractivity contribution is -0.134. The summed E-state index contributed by atoms with van der Waals surface area (Å²) in [5, 5.41) is 0. The SMILES string of the molecule is O=C(Cc1ccc(NS(=O)(=O)c2ccc3c(c2)OCCO3)cc1)N1CCOCC1. The van der Waals surface area contributed by atoms with Gasteiger partial charge >= 0.3 is 0 Å². The normalized spacial score (nSPS) is 16.3. The minimum Gasteiger partial charge on any atom is -0.486 e. The van der Waals surface area contributed by atoms with Gasteiger partial charge in [-0.15, -0.1) is 0 Å². The Labute approximate surface area is 169 Å². The molecule has 1 saturated heterocycles. The van der Waals surface area contributed by atoms with Crippen molar-refractivity contribution in [3.8, 4) is 11.5 Å². The van der Waals surface area contributed by atoms with E-state index in [-0.39, 0.29) is 17.2 Å². The quantitative estimate of drug-likeness (QED) is 0.794. The van der Waals surface area contributed by atoms with Crippen LogP contribution in [0, 0.1) is 0 Å². The van der Waals surface area contributed by atoms with E-state index in [0.29, 0.717) is 56.7 Å². The maximum Gasteiger partial charge on any atom is 0.262 e. The molecule has 0 aliphatic carbocycles. The van der Waals surface area contributed by atoms with Gasteiger partial charge in [-0.3, -0.25) is 9.52 Å². The van der Waals surface area contributed by atoms with Gasteiger partial charge in [-0.1, -0.05) is 12.1 Å². The standard InChI is InChI=1S/C20H22N2O6S/c23-20(22-7-9-26-10-8-22)13-15-1-3-16(4-2-15)21-29(24,25)17-5-6-18-19(14-17)28-12-11-27-18/h1-6,14,21H,7-13H2. The molecule has 2 aliphatic rings. The van der Waals surface area contributed by atoms with Crippen LogP contribution in [0.3, 0.4) is 0 Å². The summed E-state index contributed by atoms with van der Waals surface area (Å²) in [6, 6.07) is 11.3. The molecule has 0 unspecified atom stereocenters. The van der Waals surface area contributed by atoms with E-state index in [1.807, 2.05) is 0 Å². The fraction of sp³-hybridized carbons (Fsp3) is 0.350. The highest BCUT2D eigenvalue weighted by Crippen LogP contribution is 2.32. The van der Waals surface area contributed by atoms with Crippen molar-refractivity contribution in [1.82, 2.24) is 4.90 Å². The van der Waals surface area contributed by atoms with Crippen molar-refractivity contribution in [2.75, 3.05) is 44.2 Å². The lowest BCUT2D eigenvalue weighted by Crippen LogP contribution is -2.41. The number of benzene rings is 2. The molecule has 0 atom stereocenters. The summed E-state index contributed by atoms with van der Waals surface area (Å²) >= 11 is 0. The van der Waals surface area contributed by atoms with Crippen LogP contribution in [0.1, 0.15) is 5.56 Å². The largest absolute Gasteiger partial charge is 0.486 e. The summed E-state index contributed by atoms with van der Waals surface area (Å²) in [6.07, 6.45) is 0.273. The Hall–Kier alpha value is -2.78. The average Bonchev–Trinajstić information content (AvgIpc) is 2.75. The average molecular weight is 418 g/mol. The molecule has 1 N–H and O–H groups in total. The molecule has 2 aromatic rings. The molecule has 1 amide bonds. The van der Waals surface area contributed by atoms with E-state index in [1.54, 1.807) is 35.2 Å². The number of fused-ring (bicyclic) bond motifs is 1. The molecule has 2 heterocycles. The summed E-state index contributed by atoms with van der Waals surface area (Å²) in [6.45, 7) is 3.16. The summed E-state index contributed by atoms with van der Waals surface area (Å²) in [5.74, 6) is 0.985. The van der Waals surface area contributed by atoms with Crippen LogP contribution < -0.4 is 14.2 Å². The molecule has 154 valence electrons. The van der Waals surface area contributed by atoms with Crippen molar-refractivity contribution >= 4 is 21.6 Å². The molecule has 0 bridgehead atoms. The summed E-state index contributed by atoms with van der Waals surface area (Å²) in [7, 11) is -3.77. The van der Waals surface area contributed by atoms with Crippen LogP contribution >= 0.6 is 0 Å². The first-order valence-corrected chi connectivity index (χ1v) is 10.9. The van der Waals surface area contributed by atoms with Gasteiger partial charge in [-0.05, 0) is 29.8 Å². The first-order chi connectivity index (χ1) is 14.0. The maximum absolute atomic E-state index is 12.7. The highest BCUT2D eigenvalue weighted by atomic mass is 32.2. The van der Waals surface area contributed by atoms with Crippen LogP contribution in [0.4, 0.5) is 5.69 Å². The van der Waals surface area contributed by atoms with Gasteiger partial charge in [0.05, 0.1) is 24.5 Å². The first-order valence-electron chi connectivity index (χ1n) is 9.38. The zero-order valence-corrected chi connectivity index (χ0v) is 16.6. The van der Waals surface area contributed by atoms with Crippen LogP contribution in [0.15, 0.2) is 47.4 Å². The number of rotatable bonds is 5. The topological polar surface area (TPSA) is 94.2 Å². The number of hydrogen-bond acceptors (Lipinski definition) is 6. The lowest BCUT2D eigenvalue weighted by Gasteiger charge is -2.26. The minimum absolute atomic E-state index is 0.0397. The summed E-state index contributed by atoms with van der Waals surface area (Å²) < 4.78 is 44.0. The van der Waals surface area contributed by atoms with Crippen molar-refractivity contribution in [2.45, 2.75) is 11.3 Å². The number of nitrogens with one attached hydrogen (secondary N) is 1. The van der Waals surface area contributed by atoms with E-state index in [1.165, 1.54) is 12.1 Å². The predicted molar refractivity (Wildman–Crippen MR) is 106 cm³/mol. The third-order valence-electron chi connectivity index (χ3n) is 4.75. The second kappa shape index (κ2) is 8.30. The summed E-state index contributed by atoms with van der Waals surface area (Å²) in [4.78, 5) is 14.2. The molecular formula is C20H22N2O6S. The van der Waals surface area contributed by atoms with Gasteiger partial charge in [0.1, 0.15) is 13.2 Å². The predicted octanol–water partition coefficient (Wildman–Crippen LogP) is 1.66. The van der Waals surface area contributed by atoms with Crippen molar-refractivity contribution in [3.05, 3.63) is 48.0 Å². The van der Waals surface area contributed by atoms with Crippen LogP contribution in [-0.2, 0) is 26.0 Å². The Morgan fingerprint density at radius 3 is 2.34 bits per heavy atom. The van der Waals surface area contributed by atoms with Gasteiger partial charge in [0, 0.05) is 24.8 Å². The molecule has 9 heteroatoms. The van der Waals surface area contributed by atoms with Crippen LogP contribution in [0.2, 0.25) is 0 Å². The zero-order valence-electron chi connectivity index (χ0n) is 15.8. The van der Waals surface area contributed by atoms with Gasteiger partial charge in [-0.25, -0.2) is 8.42 Å². The van der Waals surface area contributed by atoms with Crippen LogP contribution in [0.5, 0.6) is 11.5 Å². The van der Waals surface area contributed by atoms with E-state index in [9.17, 15) is 13.2 Å². The van der Waals surface area contributed by atoms with Gasteiger partial charge in [0.2, 0.25) is 5.91 Å². The Morgan fingerprint density at radius 1 is 0.931 bits per heavy atom. The van der Waals surface area contributed by atoms with E-state index in [0.717, 1.165) is 5.56 Å². The number of carbonyl (C=O) groups is 1. The monoisotopic (exact) mass is 418 g/mol. The number of morpholine rings is 1. The molecule has 0 aromatic heterocycles. The van der Waals surface area contributed by atoms with Crippen molar-refractivity contribution in [2.24, 2.45) is 0 Å². The summed E-state index contributed by atoms with van der Waals surface area (Å²) in [5.41, 5.74) is 1.24. The fourth-order valence-corrected chi connectivity index (χ4v) is 4.27. The van der Waals surface area contributed by atoms with Crippen LogP contribution in [0.25, 0.3) is 0 Å². The second-order valence-corrected chi connectivity index (χ2v) is 8.46. The number of amides is 1. The zero-order chi connectivity index (χ0) is 20.3. The van der Waals surface area contributed by atoms with Gasteiger partial charge < -0.3 is 19.1 Å².